The molecule has 0 aliphatic rings. The van der Waals surface area contributed by atoms with Gasteiger partial charge < -0.3 is 4.98 Å². The highest BCUT2D eigenvalue weighted by Crippen LogP contribution is 1.80. The summed E-state index contributed by atoms with van der Waals surface area (Å²) in [6, 6.07) is 2.05. The van der Waals surface area contributed by atoms with Crippen molar-refractivity contribution in [3.8, 4) is 0 Å². The second kappa shape index (κ2) is 3.24. The van der Waals surface area contributed by atoms with Gasteiger partial charge in [-0.25, -0.2) is 0 Å². The zero-order valence-electron chi connectivity index (χ0n) is 7.02. The van der Waals surface area contributed by atoms with Gasteiger partial charge in [0, 0.05) is 11.5 Å². The predicted molar refractivity (Wildman–Crippen MR) is 49.5 cm³/mol. The topological polar surface area (TPSA) is 15.8 Å². The molecule has 11 heavy (non-hydrogen) atoms. The zero-order valence-corrected chi connectivity index (χ0v) is 7.02. The third-order valence-corrected chi connectivity index (χ3v) is 1.58. The van der Waals surface area contributed by atoms with E-state index in [1.165, 1.54) is 16.1 Å². The summed E-state index contributed by atoms with van der Waals surface area (Å²) >= 11 is 0. The Balaban J connectivity index is 3.52. The van der Waals surface area contributed by atoms with Crippen molar-refractivity contribution in [3.05, 3.63) is 35.5 Å². The van der Waals surface area contributed by atoms with E-state index in [0.717, 1.165) is 0 Å². The molecule has 1 N–H and O–H groups in total. The number of hydrogen-bond donors (Lipinski definition) is 1. The number of allylic oxidation sites excluding steroid dienone is 1. The minimum absolute atomic E-state index is 1.20. The summed E-state index contributed by atoms with van der Waals surface area (Å²) in [5.74, 6) is 0. The van der Waals surface area contributed by atoms with Crippen LogP contribution in [0.3, 0.4) is 0 Å². The Morgan fingerprint density at radius 3 is 2.82 bits per heavy atom. The fourth-order valence-corrected chi connectivity index (χ4v) is 1.08. The number of nitrogens with one attached hydrogen (secondary N) is 1. The molecule has 1 rings (SSSR count). The maximum absolute atomic E-state index is 3.66. The van der Waals surface area contributed by atoms with Crippen LogP contribution in [0.15, 0.2) is 24.9 Å². The molecule has 0 unspecified atom stereocenters. The Labute approximate surface area is 66.8 Å². The van der Waals surface area contributed by atoms with E-state index in [2.05, 4.69) is 25.4 Å². The highest BCUT2D eigenvalue weighted by Gasteiger charge is 1.85. The van der Waals surface area contributed by atoms with Crippen molar-refractivity contribution < 1.29 is 0 Å². The molecule has 0 bridgehead atoms. The van der Waals surface area contributed by atoms with E-state index in [1.54, 1.807) is 6.08 Å². The Morgan fingerprint density at radius 1 is 1.55 bits per heavy atom. The van der Waals surface area contributed by atoms with Crippen molar-refractivity contribution in [2.75, 3.05) is 0 Å². The van der Waals surface area contributed by atoms with Gasteiger partial charge in [0.15, 0.2) is 0 Å². The third-order valence-electron chi connectivity index (χ3n) is 1.58. The molecule has 0 aliphatic heterocycles. The van der Waals surface area contributed by atoms with Crippen LogP contribution in [0.25, 0.3) is 11.6 Å². The molecule has 0 aliphatic carbocycles. The highest BCUT2D eigenvalue weighted by atomic mass is 14.6. The minimum Gasteiger partial charge on any atom is -0.361 e. The summed E-state index contributed by atoms with van der Waals surface area (Å²) in [4.78, 5) is 3.17. The SMILES string of the molecule is C=C/C=c1/cc[nH]c1=C(C)C. The van der Waals surface area contributed by atoms with Gasteiger partial charge in [-0.3, -0.25) is 0 Å². The molecule has 1 heteroatoms. The lowest BCUT2D eigenvalue weighted by molar-refractivity contribution is 1.28. The van der Waals surface area contributed by atoms with Gasteiger partial charge >= 0.3 is 0 Å². The van der Waals surface area contributed by atoms with Gasteiger partial charge in [0.1, 0.15) is 0 Å². The maximum Gasteiger partial charge on any atom is 0.0440 e. The second-order valence-electron chi connectivity index (χ2n) is 2.71. The van der Waals surface area contributed by atoms with E-state index >= 15 is 0 Å². The number of H-pyrrole nitrogens is 1. The normalized spacial score (nSPS) is 11.6. The molecule has 1 aromatic rings. The van der Waals surface area contributed by atoms with E-state index in [1.807, 2.05) is 18.3 Å². The van der Waals surface area contributed by atoms with Crippen molar-refractivity contribution in [3.63, 3.8) is 0 Å². The standard InChI is InChI=1S/C10H13N/c1-4-5-9-6-7-11-10(9)8(2)3/h4-7,11H,1H2,2-3H3/b9-5-. The van der Waals surface area contributed by atoms with E-state index < -0.39 is 0 Å². The van der Waals surface area contributed by atoms with Crippen molar-refractivity contribution in [2.24, 2.45) is 0 Å². The summed E-state index contributed by atoms with van der Waals surface area (Å²) < 4.78 is 0. The fraction of sp³-hybridized carbons (Fsp3) is 0.200. The molecule has 1 aromatic heterocycles. The molecule has 0 amide bonds. The van der Waals surface area contributed by atoms with Gasteiger partial charge in [0.05, 0.1) is 0 Å². The first-order chi connectivity index (χ1) is 5.25. The van der Waals surface area contributed by atoms with Crippen LogP contribution in [0, 0.1) is 0 Å². The van der Waals surface area contributed by atoms with Crippen LogP contribution in [-0.2, 0) is 0 Å². The van der Waals surface area contributed by atoms with Crippen LogP contribution >= 0.6 is 0 Å². The lowest BCUT2D eigenvalue weighted by Crippen LogP contribution is -2.23. The first kappa shape index (κ1) is 7.86. The Bertz CT molecular complexity index is 350. The largest absolute Gasteiger partial charge is 0.361 e. The second-order valence-corrected chi connectivity index (χ2v) is 2.71. The van der Waals surface area contributed by atoms with Crippen molar-refractivity contribution in [2.45, 2.75) is 13.8 Å². The predicted octanol–water partition coefficient (Wildman–Crippen LogP) is 1.17. The van der Waals surface area contributed by atoms with Gasteiger partial charge in [-0.15, -0.1) is 0 Å². The van der Waals surface area contributed by atoms with E-state index in [-0.39, 0.29) is 0 Å². The molecule has 1 nitrogen and oxygen atoms in total. The molecule has 0 atom stereocenters. The van der Waals surface area contributed by atoms with Gasteiger partial charge in [-0.05, 0) is 25.1 Å². The number of hydrogen-bond acceptors (Lipinski definition) is 0. The van der Waals surface area contributed by atoms with Crippen LogP contribution in [0.1, 0.15) is 13.8 Å². The number of rotatable bonds is 1. The van der Waals surface area contributed by atoms with Crippen LogP contribution in [-0.4, -0.2) is 4.98 Å². The van der Waals surface area contributed by atoms with Gasteiger partial charge in [-0.2, -0.15) is 0 Å². The molecule has 0 aromatic carbocycles. The Hall–Kier alpha value is -1.24. The van der Waals surface area contributed by atoms with E-state index in [4.69, 9.17) is 0 Å². The average Bonchev–Trinajstić information content (AvgIpc) is 2.36. The summed E-state index contributed by atoms with van der Waals surface area (Å²) in [6.45, 7) is 7.84. The van der Waals surface area contributed by atoms with Crippen molar-refractivity contribution in [1.29, 1.82) is 0 Å². The first-order valence-electron chi connectivity index (χ1n) is 3.69. The first-order valence-corrected chi connectivity index (χ1v) is 3.69. The molecule has 0 saturated heterocycles. The summed E-state index contributed by atoms with van der Waals surface area (Å²) in [5.41, 5.74) is 1.29. The number of aromatic amines is 1. The maximum atomic E-state index is 3.66. The molecule has 0 saturated carbocycles. The summed E-state index contributed by atoms with van der Waals surface area (Å²) in [6.07, 6.45) is 5.74. The third kappa shape index (κ3) is 1.61. The minimum atomic E-state index is 1.20. The average molecular weight is 147 g/mol. The van der Waals surface area contributed by atoms with Gasteiger partial charge in [-0.1, -0.05) is 24.3 Å². The molecule has 0 fully saturated rings. The Morgan fingerprint density at radius 2 is 2.27 bits per heavy atom. The monoisotopic (exact) mass is 147 g/mol. The quantitative estimate of drug-likeness (QED) is 0.613. The van der Waals surface area contributed by atoms with Gasteiger partial charge in [0.25, 0.3) is 0 Å². The fourth-order valence-electron chi connectivity index (χ4n) is 1.08. The van der Waals surface area contributed by atoms with Crippen molar-refractivity contribution in [1.82, 2.24) is 4.98 Å². The molecular weight excluding hydrogens is 134 g/mol. The molecule has 0 radical (unpaired) electrons. The lowest BCUT2D eigenvalue weighted by Gasteiger charge is -1.84. The van der Waals surface area contributed by atoms with Crippen LogP contribution in [0.4, 0.5) is 0 Å². The Kier molecular flexibility index (Phi) is 2.32. The van der Waals surface area contributed by atoms with Crippen LogP contribution in [0.2, 0.25) is 0 Å². The van der Waals surface area contributed by atoms with Crippen LogP contribution in [0.5, 0.6) is 0 Å². The van der Waals surface area contributed by atoms with Crippen LogP contribution < -0.4 is 10.6 Å². The van der Waals surface area contributed by atoms with E-state index in [9.17, 15) is 0 Å². The molecule has 0 spiro atoms. The van der Waals surface area contributed by atoms with E-state index in [0.29, 0.717) is 0 Å². The summed E-state index contributed by atoms with van der Waals surface area (Å²) in [5, 5.41) is 2.41. The zero-order chi connectivity index (χ0) is 8.27. The molecule has 58 valence electrons. The molecule has 1 heterocycles. The van der Waals surface area contributed by atoms with Crippen molar-refractivity contribution >= 4 is 11.6 Å². The lowest BCUT2D eigenvalue weighted by atomic mass is 10.3. The number of aromatic nitrogens is 1. The highest BCUT2D eigenvalue weighted by molar-refractivity contribution is 5.42. The smallest absolute Gasteiger partial charge is 0.0440 e. The van der Waals surface area contributed by atoms with Gasteiger partial charge in [0.2, 0.25) is 0 Å². The molecular formula is C10H13N. The summed E-state index contributed by atoms with van der Waals surface area (Å²) in [7, 11) is 0.